The van der Waals surface area contributed by atoms with Gasteiger partial charge in [0.1, 0.15) is 6.04 Å². The molecule has 0 aliphatic carbocycles. The second kappa shape index (κ2) is 5.82. The molecular weight excluding hydrogens is 232 g/mol. The number of carbonyl (C=O) groups is 1. The average molecular weight is 248 g/mol. The monoisotopic (exact) mass is 248 g/mol. The van der Waals surface area contributed by atoms with E-state index in [1.165, 1.54) is 14.0 Å². The molecular formula is C9H16N2O4S. The van der Waals surface area contributed by atoms with Crippen molar-refractivity contribution in [3.63, 3.8) is 0 Å². The number of esters is 1. The maximum atomic E-state index is 11.6. The Kier molecular flexibility index (Phi) is 5.41. The summed E-state index contributed by atoms with van der Waals surface area (Å²) in [4.78, 5) is 11.3. The van der Waals surface area contributed by atoms with E-state index < -0.39 is 27.3 Å². The molecule has 0 spiro atoms. The number of hydrogen-bond acceptors (Lipinski definition) is 5. The largest absolute Gasteiger partial charge is 0.468 e. The van der Waals surface area contributed by atoms with Crippen molar-refractivity contribution >= 4 is 16.0 Å². The smallest absolute Gasteiger partial charge is 0.324 e. The number of methoxy groups -OCH3 is 1. The summed E-state index contributed by atoms with van der Waals surface area (Å²) in [6.45, 7) is 4.61. The summed E-state index contributed by atoms with van der Waals surface area (Å²) in [6, 6.07) is 0.637. The third kappa shape index (κ3) is 3.79. The van der Waals surface area contributed by atoms with Gasteiger partial charge in [0.15, 0.2) is 5.25 Å². The first-order chi connectivity index (χ1) is 7.26. The fourth-order valence-electron chi connectivity index (χ4n) is 0.932. The Morgan fingerprint density at radius 3 is 2.19 bits per heavy atom. The summed E-state index contributed by atoms with van der Waals surface area (Å²) in [7, 11) is -2.64. The van der Waals surface area contributed by atoms with Crippen LogP contribution in [0.2, 0.25) is 0 Å². The van der Waals surface area contributed by atoms with E-state index in [9.17, 15) is 13.2 Å². The number of carbonyl (C=O) groups excluding carboxylic acids is 1. The number of sulfonamides is 1. The lowest BCUT2D eigenvalue weighted by atomic mass is 10.1. The fraction of sp³-hybridized carbons (Fsp3) is 0.778. The van der Waals surface area contributed by atoms with Gasteiger partial charge in [-0.05, 0) is 12.8 Å². The highest BCUT2D eigenvalue weighted by atomic mass is 32.2. The van der Waals surface area contributed by atoms with E-state index in [2.05, 4.69) is 9.46 Å². The van der Waals surface area contributed by atoms with Gasteiger partial charge < -0.3 is 4.74 Å². The van der Waals surface area contributed by atoms with E-state index in [-0.39, 0.29) is 5.92 Å². The molecule has 0 saturated heterocycles. The number of nitriles is 1. The Bertz CT molecular complexity index is 383. The van der Waals surface area contributed by atoms with Crippen LogP contribution in [-0.4, -0.2) is 32.8 Å². The second-order valence-corrected chi connectivity index (χ2v) is 5.71. The summed E-state index contributed by atoms with van der Waals surface area (Å²) < 4.78 is 29.8. The lowest BCUT2D eigenvalue weighted by Gasteiger charge is -2.20. The minimum Gasteiger partial charge on any atom is -0.468 e. The molecule has 0 heterocycles. The van der Waals surface area contributed by atoms with Gasteiger partial charge in [-0.1, -0.05) is 13.8 Å². The van der Waals surface area contributed by atoms with Crippen molar-refractivity contribution in [2.24, 2.45) is 5.92 Å². The van der Waals surface area contributed by atoms with Crippen LogP contribution < -0.4 is 4.72 Å². The van der Waals surface area contributed by atoms with Crippen LogP contribution in [0.5, 0.6) is 0 Å². The van der Waals surface area contributed by atoms with E-state index >= 15 is 0 Å². The van der Waals surface area contributed by atoms with Crippen molar-refractivity contribution in [2.45, 2.75) is 32.1 Å². The summed E-state index contributed by atoms with van der Waals surface area (Å²) in [5, 5.41) is 7.32. The molecule has 0 aromatic carbocycles. The molecule has 0 fully saturated rings. The van der Waals surface area contributed by atoms with Crippen LogP contribution in [0.1, 0.15) is 20.8 Å². The molecule has 0 bridgehead atoms. The number of rotatable bonds is 5. The van der Waals surface area contributed by atoms with Crippen molar-refractivity contribution < 1.29 is 17.9 Å². The van der Waals surface area contributed by atoms with Crippen molar-refractivity contribution in [3.8, 4) is 6.07 Å². The van der Waals surface area contributed by atoms with Gasteiger partial charge >= 0.3 is 5.97 Å². The van der Waals surface area contributed by atoms with Crippen LogP contribution in [0.25, 0.3) is 0 Å². The van der Waals surface area contributed by atoms with Crippen molar-refractivity contribution in [2.75, 3.05) is 7.11 Å². The molecule has 2 unspecified atom stereocenters. The zero-order chi connectivity index (χ0) is 12.9. The van der Waals surface area contributed by atoms with Gasteiger partial charge in [0.05, 0.1) is 13.2 Å². The van der Waals surface area contributed by atoms with Gasteiger partial charge in [-0.2, -0.15) is 9.98 Å². The molecule has 0 saturated carbocycles. The Labute approximate surface area is 95.6 Å². The first-order valence-electron chi connectivity index (χ1n) is 4.74. The van der Waals surface area contributed by atoms with Crippen LogP contribution in [0.3, 0.4) is 0 Å². The Balaban J connectivity index is 4.92. The third-order valence-electron chi connectivity index (χ3n) is 2.06. The second-order valence-electron chi connectivity index (χ2n) is 3.68. The first-order valence-corrected chi connectivity index (χ1v) is 6.29. The van der Waals surface area contributed by atoms with Crippen LogP contribution in [0.4, 0.5) is 0 Å². The van der Waals surface area contributed by atoms with Gasteiger partial charge in [0.2, 0.25) is 10.0 Å². The van der Waals surface area contributed by atoms with Gasteiger partial charge in [-0.25, -0.2) is 8.42 Å². The molecule has 7 heteroatoms. The Morgan fingerprint density at radius 2 is 1.88 bits per heavy atom. The summed E-state index contributed by atoms with van der Waals surface area (Å²) in [6.07, 6.45) is 0. The zero-order valence-electron chi connectivity index (χ0n) is 9.72. The highest BCUT2D eigenvalue weighted by Gasteiger charge is 2.31. The van der Waals surface area contributed by atoms with Crippen LogP contribution in [0.15, 0.2) is 0 Å². The molecule has 0 amide bonds. The van der Waals surface area contributed by atoms with Crippen molar-refractivity contribution in [3.05, 3.63) is 0 Å². The molecule has 16 heavy (non-hydrogen) atoms. The van der Waals surface area contributed by atoms with E-state index in [4.69, 9.17) is 5.26 Å². The highest BCUT2D eigenvalue weighted by Crippen LogP contribution is 2.07. The predicted molar refractivity (Wildman–Crippen MR) is 57.8 cm³/mol. The minimum absolute atomic E-state index is 0.256. The Morgan fingerprint density at radius 1 is 1.38 bits per heavy atom. The zero-order valence-corrected chi connectivity index (χ0v) is 10.5. The lowest BCUT2D eigenvalue weighted by molar-refractivity contribution is -0.143. The summed E-state index contributed by atoms with van der Waals surface area (Å²) in [5.41, 5.74) is 0. The maximum absolute atomic E-state index is 11.6. The van der Waals surface area contributed by atoms with Gasteiger partial charge in [0.25, 0.3) is 0 Å². The molecule has 2 atom stereocenters. The number of nitrogens with one attached hydrogen (secondary N) is 1. The lowest BCUT2D eigenvalue weighted by Crippen LogP contribution is -2.47. The fourth-order valence-corrected chi connectivity index (χ4v) is 2.00. The SMILES string of the molecule is COC(=O)C(NS(=O)(=O)C(C)C#N)C(C)C. The number of hydrogen-bond donors (Lipinski definition) is 1. The molecule has 1 N–H and O–H groups in total. The highest BCUT2D eigenvalue weighted by molar-refractivity contribution is 7.90. The minimum atomic E-state index is -3.82. The number of ether oxygens (including phenoxy) is 1. The normalized spacial score (nSPS) is 15.2. The van der Waals surface area contributed by atoms with E-state index in [0.717, 1.165) is 0 Å². The average Bonchev–Trinajstić information content (AvgIpc) is 2.23. The van der Waals surface area contributed by atoms with Gasteiger partial charge in [0, 0.05) is 0 Å². The molecule has 6 nitrogen and oxygen atoms in total. The summed E-state index contributed by atoms with van der Waals surface area (Å²) in [5.74, 6) is -0.920. The standard InChI is InChI=1S/C9H16N2O4S/c1-6(2)8(9(12)15-4)11-16(13,14)7(3)5-10/h6-8,11H,1-4H3. The van der Waals surface area contributed by atoms with Crippen LogP contribution in [0, 0.1) is 17.2 Å². The number of nitrogens with zero attached hydrogens (tertiary/aromatic N) is 1. The molecule has 0 radical (unpaired) electrons. The summed E-state index contributed by atoms with van der Waals surface area (Å²) >= 11 is 0. The molecule has 0 aliphatic rings. The maximum Gasteiger partial charge on any atom is 0.324 e. The predicted octanol–water partition coefficient (Wildman–Crippen LogP) is 0.0155. The van der Waals surface area contributed by atoms with Crippen molar-refractivity contribution in [1.29, 1.82) is 5.26 Å². The van der Waals surface area contributed by atoms with E-state index in [0.29, 0.717) is 0 Å². The molecule has 0 aromatic rings. The third-order valence-corrected chi connectivity index (χ3v) is 3.68. The van der Waals surface area contributed by atoms with Gasteiger partial charge in [-0.3, -0.25) is 4.79 Å². The first kappa shape index (κ1) is 14.9. The van der Waals surface area contributed by atoms with Crippen LogP contribution >= 0.6 is 0 Å². The molecule has 0 rings (SSSR count). The topological polar surface area (TPSA) is 96.3 Å². The molecule has 0 aliphatic heterocycles. The molecule has 0 aromatic heterocycles. The van der Waals surface area contributed by atoms with Gasteiger partial charge in [-0.15, -0.1) is 0 Å². The van der Waals surface area contributed by atoms with Crippen molar-refractivity contribution in [1.82, 2.24) is 4.72 Å². The van der Waals surface area contributed by atoms with E-state index in [1.54, 1.807) is 19.9 Å². The quantitative estimate of drug-likeness (QED) is 0.692. The van der Waals surface area contributed by atoms with E-state index in [1.807, 2.05) is 0 Å². The Hall–Kier alpha value is -1.13. The molecule has 92 valence electrons. The van der Waals surface area contributed by atoms with Crippen LogP contribution in [-0.2, 0) is 19.6 Å².